The number of carbonyl (C=O) groups excluding carboxylic acids is 1. The second-order valence-electron chi connectivity index (χ2n) is 6.96. The molecule has 1 aliphatic heterocycles. The van der Waals surface area contributed by atoms with E-state index in [2.05, 4.69) is 0 Å². The van der Waals surface area contributed by atoms with Crippen molar-refractivity contribution < 1.29 is 19.4 Å². The molecule has 6 heteroatoms. The van der Waals surface area contributed by atoms with Crippen molar-refractivity contribution in [3.8, 4) is 5.75 Å². The van der Waals surface area contributed by atoms with E-state index in [1.807, 2.05) is 17.9 Å². The number of hydrogen-bond acceptors (Lipinski definition) is 4. The van der Waals surface area contributed by atoms with Crippen LogP contribution in [0.25, 0.3) is 0 Å². The van der Waals surface area contributed by atoms with Crippen LogP contribution in [0.3, 0.4) is 0 Å². The average molecular weight is 346 g/mol. The monoisotopic (exact) mass is 346 g/mol. The van der Waals surface area contributed by atoms with Crippen molar-refractivity contribution in [1.29, 1.82) is 0 Å². The first-order valence-electron chi connectivity index (χ1n) is 8.92. The standard InChI is InChI=1S/C19H26N2O4/c1-13-11-15(25-2)7-8-16(13)18(19(23)24)20-9-10-21(17(22)12-20)14-5-3-4-6-14/h7-8,11,14,18H,3-6,9-10,12H2,1-2H3,(H,23,24)/t18-/m1/s1. The van der Waals surface area contributed by atoms with Gasteiger partial charge in [-0.1, -0.05) is 18.9 Å². The molecule has 1 amide bonds. The van der Waals surface area contributed by atoms with E-state index in [1.165, 1.54) is 12.8 Å². The topological polar surface area (TPSA) is 70.1 Å². The Hall–Kier alpha value is -2.08. The van der Waals surface area contributed by atoms with E-state index in [0.29, 0.717) is 24.9 Å². The van der Waals surface area contributed by atoms with Gasteiger partial charge in [-0.3, -0.25) is 14.5 Å². The lowest BCUT2D eigenvalue weighted by Gasteiger charge is -2.40. The number of rotatable bonds is 5. The molecule has 136 valence electrons. The third-order valence-electron chi connectivity index (χ3n) is 5.42. The average Bonchev–Trinajstić information content (AvgIpc) is 3.10. The number of hydrogen-bond donors (Lipinski definition) is 1. The van der Waals surface area contributed by atoms with Crippen LogP contribution >= 0.6 is 0 Å². The fourth-order valence-corrected chi connectivity index (χ4v) is 4.09. The molecular formula is C19H26N2O4. The number of carboxylic acids is 1. The Morgan fingerprint density at radius 1 is 1.28 bits per heavy atom. The molecular weight excluding hydrogens is 320 g/mol. The highest BCUT2D eigenvalue weighted by Gasteiger charge is 2.37. The van der Waals surface area contributed by atoms with Crippen LogP contribution in [-0.4, -0.2) is 59.6 Å². The van der Waals surface area contributed by atoms with Crippen molar-refractivity contribution in [3.63, 3.8) is 0 Å². The second-order valence-corrected chi connectivity index (χ2v) is 6.96. The summed E-state index contributed by atoms with van der Waals surface area (Å²) in [5.74, 6) is -0.168. The zero-order valence-electron chi connectivity index (χ0n) is 14.9. The Balaban J connectivity index is 1.78. The number of aliphatic carboxylic acids is 1. The minimum absolute atomic E-state index is 0.0514. The first kappa shape index (κ1) is 17.7. The molecule has 1 aromatic rings. The summed E-state index contributed by atoms with van der Waals surface area (Å²) in [5.41, 5.74) is 1.58. The van der Waals surface area contributed by atoms with Gasteiger partial charge in [0.15, 0.2) is 0 Å². The summed E-state index contributed by atoms with van der Waals surface area (Å²) in [7, 11) is 1.59. The molecule has 3 rings (SSSR count). The fraction of sp³-hybridized carbons (Fsp3) is 0.579. The largest absolute Gasteiger partial charge is 0.497 e. The van der Waals surface area contributed by atoms with E-state index in [0.717, 1.165) is 24.0 Å². The number of methoxy groups -OCH3 is 1. The van der Waals surface area contributed by atoms with Crippen molar-refractivity contribution in [2.45, 2.75) is 44.7 Å². The minimum atomic E-state index is -0.921. The van der Waals surface area contributed by atoms with Gasteiger partial charge in [0.05, 0.1) is 13.7 Å². The van der Waals surface area contributed by atoms with Crippen LogP contribution in [-0.2, 0) is 9.59 Å². The first-order valence-corrected chi connectivity index (χ1v) is 8.92. The summed E-state index contributed by atoms with van der Waals surface area (Å²) in [6.07, 6.45) is 4.51. The van der Waals surface area contributed by atoms with Crippen LogP contribution in [0.15, 0.2) is 18.2 Å². The highest BCUT2D eigenvalue weighted by molar-refractivity contribution is 5.82. The number of ether oxygens (including phenoxy) is 1. The predicted octanol–water partition coefficient (Wildman–Crippen LogP) is 2.22. The fourth-order valence-electron chi connectivity index (χ4n) is 4.09. The summed E-state index contributed by atoms with van der Waals surface area (Å²) in [6.45, 7) is 3.25. The molecule has 25 heavy (non-hydrogen) atoms. The zero-order valence-corrected chi connectivity index (χ0v) is 14.9. The second kappa shape index (κ2) is 7.44. The van der Waals surface area contributed by atoms with Crippen LogP contribution in [0.2, 0.25) is 0 Å². The normalized spacial score (nSPS) is 20.7. The SMILES string of the molecule is COc1ccc([C@H](C(=O)O)N2CCN(C3CCCC3)C(=O)C2)c(C)c1. The maximum atomic E-state index is 12.6. The van der Waals surface area contributed by atoms with Gasteiger partial charge in [0.2, 0.25) is 5.91 Å². The minimum Gasteiger partial charge on any atom is -0.497 e. The van der Waals surface area contributed by atoms with E-state index >= 15 is 0 Å². The predicted molar refractivity (Wildman–Crippen MR) is 93.6 cm³/mol. The summed E-state index contributed by atoms with van der Waals surface area (Å²) in [4.78, 5) is 28.3. The van der Waals surface area contributed by atoms with Crippen LogP contribution in [0.1, 0.15) is 42.9 Å². The van der Waals surface area contributed by atoms with Crippen molar-refractivity contribution >= 4 is 11.9 Å². The third-order valence-corrected chi connectivity index (χ3v) is 5.42. The van der Waals surface area contributed by atoms with E-state index < -0.39 is 12.0 Å². The number of benzene rings is 1. The lowest BCUT2D eigenvalue weighted by Crippen LogP contribution is -2.55. The maximum absolute atomic E-state index is 12.6. The molecule has 1 N–H and O–H groups in total. The van der Waals surface area contributed by atoms with Crippen LogP contribution < -0.4 is 4.74 Å². The van der Waals surface area contributed by atoms with Gasteiger partial charge in [-0.2, -0.15) is 0 Å². The number of piperazine rings is 1. The molecule has 0 unspecified atom stereocenters. The third kappa shape index (κ3) is 3.63. The summed E-state index contributed by atoms with van der Waals surface area (Å²) >= 11 is 0. The van der Waals surface area contributed by atoms with Gasteiger partial charge in [-0.25, -0.2) is 0 Å². The van der Waals surface area contributed by atoms with Gasteiger partial charge in [0.1, 0.15) is 11.8 Å². The smallest absolute Gasteiger partial charge is 0.325 e. The molecule has 1 atom stereocenters. The van der Waals surface area contributed by atoms with Crippen LogP contribution in [0.5, 0.6) is 5.75 Å². The van der Waals surface area contributed by atoms with E-state index in [-0.39, 0.29) is 12.5 Å². The molecule has 1 aromatic carbocycles. The number of amides is 1. The molecule has 1 heterocycles. The van der Waals surface area contributed by atoms with E-state index in [1.54, 1.807) is 24.1 Å². The van der Waals surface area contributed by atoms with E-state index in [9.17, 15) is 14.7 Å². The van der Waals surface area contributed by atoms with Gasteiger partial charge in [0, 0.05) is 19.1 Å². The number of carboxylic acid groups (broad SMARTS) is 1. The van der Waals surface area contributed by atoms with Gasteiger partial charge in [-0.05, 0) is 43.0 Å². The van der Waals surface area contributed by atoms with Gasteiger partial charge >= 0.3 is 5.97 Å². The number of nitrogens with zero attached hydrogens (tertiary/aromatic N) is 2. The molecule has 0 radical (unpaired) electrons. The molecule has 2 aliphatic rings. The van der Waals surface area contributed by atoms with Gasteiger partial charge in [-0.15, -0.1) is 0 Å². The highest BCUT2D eigenvalue weighted by Crippen LogP contribution is 2.30. The molecule has 0 bridgehead atoms. The molecule has 1 saturated heterocycles. The Labute approximate surface area is 148 Å². The molecule has 0 spiro atoms. The molecule has 6 nitrogen and oxygen atoms in total. The number of carbonyl (C=O) groups is 2. The van der Waals surface area contributed by atoms with Crippen molar-refractivity contribution in [2.24, 2.45) is 0 Å². The Morgan fingerprint density at radius 3 is 2.56 bits per heavy atom. The molecule has 0 aromatic heterocycles. The Kier molecular flexibility index (Phi) is 5.27. The maximum Gasteiger partial charge on any atom is 0.325 e. The summed E-state index contributed by atoms with van der Waals surface area (Å²) < 4.78 is 5.20. The molecule has 1 saturated carbocycles. The zero-order chi connectivity index (χ0) is 18.0. The number of aryl methyl sites for hydroxylation is 1. The summed E-state index contributed by atoms with van der Waals surface area (Å²) in [5, 5.41) is 9.80. The Bertz CT molecular complexity index is 655. The van der Waals surface area contributed by atoms with Crippen molar-refractivity contribution in [3.05, 3.63) is 29.3 Å². The van der Waals surface area contributed by atoms with Gasteiger partial charge in [0.25, 0.3) is 0 Å². The lowest BCUT2D eigenvalue weighted by molar-refractivity contribution is -0.148. The van der Waals surface area contributed by atoms with Crippen LogP contribution in [0, 0.1) is 6.92 Å². The molecule has 2 fully saturated rings. The Morgan fingerprint density at radius 2 is 2.00 bits per heavy atom. The van der Waals surface area contributed by atoms with Gasteiger partial charge < -0.3 is 14.7 Å². The van der Waals surface area contributed by atoms with E-state index in [4.69, 9.17) is 4.74 Å². The summed E-state index contributed by atoms with van der Waals surface area (Å²) in [6, 6.07) is 4.94. The molecule has 1 aliphatic carbocycles. The lowest BCUT2D eigenvalue weighted by atomic mass is 9.98. The van der Waals surface area contributed by atoms with Crippen LogP contribution in [0.4, 0.5) is 0 Å². The highest BCUT2D eigenvalue weighted by atomic mass is 16.5. The first-order chi connectivity index (χ1) is 12.0. The quantitative estimate of drug-likeness (QED) is 0.885. The van der Waals surface area contributed by atoms with Crippen molar-refractivity contribution in [2.75, 3.05) is 26.7 Å². The van der Waals surface area contributed by atoms with Crippen molar-refractivity contribution in [1.82, 2.24) is 9.80 Å².